The van der Waals surface area contributed by atoms with Gasteiger partial charge in [-0.1, -0.05) is 12.1 Å². The fourth-order valence-corrected chi connectivity index (χ4v) is 1.37. The van der Waals surface area contributed by atoms with Crippen molar-refractivity contribution in [2.45, 2.75) is 6.67 Å². The number of fused-ring (bicyclic) bond motifs is 4. The topological polar surface area (TPSA) is 9.86 Å². The molecule has 0 bridgehead atoms. The molecule has 0 amide bonds. The first kappa shape index (κ1) is 3.77. The Balaban J connectivity index is 2.60. The molecule has 0 saturated carbocycles. The van der Waals surface area contributed by atoms with Crippen LogP contribution in [0.4, 0.5) is 0 Å². The number of benzene rings is 1. The molecular formula is C7H6N2. The van der Waals surface area contributed by atoms with Crippen molar-refractivity contribution in [1.29, 1.82) is 0 Å². The van der Waals surface area contributed by atoms with Crippen LogP contribution in [0.15, 0.2) is 24.3 Å². The Labute approximate surface area is 52.3 Å². The Morgan fingerprint density at radius 1 is 1.00 bits per heavy atom. The van der Waals surface area contributed by atoms with Crippen molar-refractivity contribution in [3.05, 3.63) is 24.3 Å². The van der Waals surface area contributed by atoms with Gasteiger partial charge in [0, 0.05) is 0 Å². The minimum absolute atomic E-state index is 1.11. The lowest BCUT2D eigenvalue weighted by molar-refractivity contribution is 1.07. The molecule has 0 atom stereocenters. The van der Waals surface area contributed by atoms with E-state index in [1.54, 1.807) is 0 Å². The van der Waals surface area contributed by atoms with E-state index in [1.165, 1.54) is 11.0 Å². The van der Waals surface area contributed by atoms with Crippen molar-refractivity contribution in [2.24, 2.45) is 0 Å². The summed E-state index contributed by atoms with van der Waals surface area (Å²) >= 11 is 0. The molecule has 2 heteroatoms. The molecule has 2 aromatic rings. The van der Waals surface area contributed by atoms with Crippen molar-refractivity contribution < 1.29 is 0 Å². The van der Waals surface area contributed by atoms with E-state index in [4.69, 9.17) is 0 Å². The summed E-state index contributed by atoms with van der Waals surface area (Å²) in [7, 11) is 0. The zero-order valence-corrected chi connectivity index (χ0v) is 4.91. The molecule has 0 fully saturated rings. The van der Waals surface area contributed by atoms with Gasteiger partial charge in [-0.15, -0.1) is 0 Å². The van der Waals surface area contributed by atoms with Crippen LogP contribution >= 0.6 is 0 Å². The van der Waals surface area contributed by atoms with Crippen LogP contribution in [-0.4, -0.2) is 9.36 Å². The second-order valence-corrected chi connectivity index (χ2v) is 2.43. The first-order valence-corrected chi connectivity index (χ1v) is 3.11. The molecule has 0 saturated heterocycles. The molecule has 3 rings (SSSR count). The predicted octanol–water partition coefficient (Wildman–Crippen LogP) is 1.26. The van der Waals surface area contributed by atoms with Crippen LogP contribution in [0.1, 0.15) is 0 Å². The van der Waals surface area contributed by atoms with E-state index in [0.717, 1.165) is 6.67 Å². The highest BCUT2D eigenvalue weighted by atomic mass is 15.6. The Morgan fingerprint density at radius 2 is 1.56 bits per heavy atom. The van der Waals surface area contributed by atoms with Crippen LogP contribution in [0.5, 0.6) is 0 Å². The Hall–Kier alpha value is -1.18. The standard InChI is InChI=1S/C7H6N2/c1-2-4-7-6(3-1)8-5-9(7)8/h1-4H,5H2. The van der Waals surface area contributed by atoms with Crippen LogP contribution in [0.25, 0.3) is 11.0 Å². The molecule has 2 nitrogen and oxygen atoms in total. The maximum atomic E-state index is 2.25. The highest BCUT2D eigenvalue weighted by molar-refractivity contribution is 5.80. The molecule has 1 aliphatic heterocycles. The SMILES string of the molecule is c1ccc2c(c1)n1n2C1. The van der Waals surface area contributed by atoms with Gasteiger partial charge in [-0.25, -0.2) is 0 Å². The van der Waals surface area contributed by atoms with Gasteiger partial charge in [0.15, 0.2) is 0 Å². The smallest absolute Gasteiger partial charge is 0.130 e. The molecule has 9 heavy (non-hydrogen) atoms. The number of para-hydroxylation sites is 2. The fraction of sp³-hybridized carbons (Fsp3) is 0.143. The second-order valence-electron chi connectivity index (χ2n) is 2.43. The minimum atomic E-state index is 1.11. The van der Waals surface area contributed by atoms with E-state index in [0.29, 0.717) is 0 Å². The summed E-state index contributed by atoms with van der Waals surface area (Å²) in [6.07, 6.45) is 0. The second kappa shape index (κ2) is 0.923. The van der Waals surface area contributed by atoms with Crippen molar-refractivity contribution in [2.75, 3.05) is 0 Å². The molecule has 2 heterocycles. The van der Waals surface area contributed by atoms with Crippen molar-refractivity contribution in [1.82, 2.24) is 9.36 Å². The Bertz CT molecular complexity index is 332. The average molecular weight is 118 g/mol. The van der Waals surface area contributed by atoms with Crippen molar-refractivity contribution in [3.8, 4) is 0 Å². The molecule has 0 unspecified atom stereocenters. The van der Waals surface area contributed by atoms with Gasteiger partial charge in [0.05, 0.1) is 11.0 Å². The lowest BCUT2D eigenvalue weighted by atomic mass is 10.3. The summed E-state index contributed by atoms with van der Waals surface area (Å²) in [4.78, 5) is 0. The van der Waals surface area contributed by atoms with Crippen LogP contribution < -0.4 is 0 Å². The van der Waals surface area contributed by atoms with Crippen LogP contribution in [0.2, 0.25) is 0 Å². The molecule has 0 aliphatic carbocycles. The lowest BCUT2D eigenvalue weighted by Crippen LogP contribution is -1.87. The molecule has 1 aromatic carbocycles. The molecule has 1 aromatic heterocycles. The Kier molecular flexibility index (Phi) is 0.387. The summed E-state index contributed by atoms with van der Waals surface area (Å²) in [5, 5.41) is 0. The Morgan fingerprint density at radius 3 is 2.11 bits per heavy atom. The van der Waals surface area contributed by atoms with Gasteiger partial charge >= 0.3 is 0 Å². The number of aromatic nitrogens is 2. The van der Waals surface area contributed by atoms with E-state index in [2.05, 4.69) is 33.6 Å². The minimum Gasteiger partial charge on any atom is -0.260 e. The zero-order chi connectivity index (χ0) is 5.84. The van der Waals surface area contributed by atoms with Crippen LogP contribution in [-0.2, 0) is 6.67 Å². The van der Waals surface area contributed by atoms with Gasteiger partial charge in [0.25, 0.3) is 0 Å². The van der Waals surface area contributed by atoms with Crippen molar-refractivity contribution in [3.63, 3.8) is 0 Å². The largest absolute Gasteiger partial charge is 0.260 e. The van der Waals surface area contributed by atoms with Gasteiger partial charge in [0.2, 0.25) is 0 Å². The maximum Gasteiger partial charge on any atom is 0.130 e. The quantitative estimate of drug-likeness (QED) is 0.420. The third kappa shape index (κ3) is 0.279. The van der Waals surface area contributed by atoms with E-state index >= 15 is 0 Å². The number of hydrogen-bond acceptors (Lipinski definition) is 0. The van der Waals surface area contributed by atoms with E-state index in [1.807, 2.05) is 0 Å². The normalized spacial score (nSPS) is 14.2. The summed E-state index contributed by atoms with van der Waals surface area (Å²) in [6, 6.07) is 8.46. The monoisotopic (exact) mass is 118 g/mol. The summed E-state index contributed by atoms with van der Waals surface area (Å²) < 4.78 is 4.49. The van der Waals surface area contributed by atoms with Gasteiger partial charge < -0.3 is 0 Å². The summed E-state index contributed by atoms with van der Waals surface area (Å²) in [5.74, 6) is 0. The van der Waals surface area contributed by atoms with E-state index in [9.17, 15) is 0 Å². The maximum absolute atomic E-state index is 2.25. The third-order valence-electron chi connectivity index (χ3n) is 1.91. The third-order valence-corrected chi connectivity index (χ3v) is 1.91. The molecule has 0 radical (unpaired) electrons. The first-order chi connectivity index (χ1) is 4.47. The van der Waals surface area contributed by atoms with Crippen LogP contribution in [0.3, 0.4) is 0 Å². The molecule has 1 aliphatic rings. The first-order valence-electron chi connectivity index (χ1n) is 3.11. The molecule has 0 spiro atoms. The number of nitrogens with zero attached hydrogens (tertiary/aromatic N) is 2. The van der Waals surface area contributed by atoms with Gasteiger partial charge in [-0.2, -0.15) is 0 Å². The van der Waals surface area contributed by atoms with Crippen LogP contribution in [0, 0.1) is 0 Å². The van der Waals surface area contributed by atoms with E-state index in [-0.39, 0.29) is 0 Å². The van der Waals surface area contributed by atoms with Gasteiger partial charge in [0.1, 0.15) is 6.67 Å². The average Bonchev–Trinajstić information content (AvgIpc) is 2.58. The highest BCUT2D eigenvalue weighted by Crippen LogP contribution is 2.27. The number of hydrogen-bond donors (Lipinski definition) is 0. The molecule has 44 valence electrons. The lowest BCUT2D eigenvalue weighted by Gasteiger charge is -1.97. The summed E-state index contributed by atoms with van der Waals surface area (Å²) in [6.45, 7) is 1.11. The summed E-state index contributed by atoms with van der Waals surface area (Å²) in [5.41, 5.74) is 2.77. The highest BCUT2D eigenvalue weighted by Gasteiger charge is 2.22. The number of rotatable bonds is 0. The fourth-order valence-electron chi connectivity index (χ4n) is 1.37. The van der Waals surface area contributed by atoms with Gasteiger partial charge in [-0.3, -0.25) is 9.36 Å². The molecule has 0 N–H and O–H groups in total. The van der Waals surface area contributed by atoms with Crippen molar-refractivity contribution >= 4 is 11.0 Å². The van der Waals surface area contributed by atoms with Gasteiger partial charge in [-0.05, 0) is 12.1 Å². The predicted molar refractivity (Wildman–Crippen MR) is 35.3 cm³/mol. The van der Waals surface area contributed by atoms with E-state index < -0.39 is 0 Å². The zero-order valence-electron chi connectivity index (χ0n) is 4.91. The molecular weight excluding hydrogens is 112 g/mol.